The van der Waals surface area contributed by atoms with Crippen molar-refractivity contribution < 1.29 is 23.9 Å². The number of hydrogen-bond acceptors (Lipinski definition) is 5. The number of rotatable bonds is 7. The van der Waals surface area contributed by atoms with Crippen LogP contribution in [0.1, 0.15) is 29.2 Å². The van der Waals surface area contributed by atoms with Gasteiger partial charge in [0.15, 0.2) is 11.5 Å². The second kappa shape index (κ2) is 11.4. The number of aryl methyl sites for hydroxylation is 1. The molecule has 0 aromatic heterocycles. The van der Waals surface area contributed by atoms with Gasteiger partial charge in [0.2, 0.25) is 0 Å². The van der Waals surface area contributed by atoms with Gasteiger partial charge >= 0.3 is 6.03 Å². The molecule has 0 saturated carbocycles. The number of carbonyl (C=O) groups excluding carboxylic acids is 3. The molecule has 37 heavy (non-hydrogen) atoms. The first-order chi connectivity index (χ1) is 17.7. The van der Waals surface area contributed by atoms with E-state index in [2.05, 4.69) is 27.9 Å². The maximum absolute atomic E-state index is 13.4. The Kier molecular flexibility index (Phi) is 8.19. The van der Waals surface area contributed by atoms with E-state index in [1.165, 1.54) is 6.08 Å². The van der Waals surface area contributed by atoms with Crippen molar-refractivity contribution in [3.8, 4) is 11.5 Å². The SMILES string of the molecule is CCOc1cc(/C=C2\C(=O)NC(=O)N(c3cccc(C)c3C)C2=O)cc(I)c1OCc1ccc(Cl)cc1. The summed E-state index contributed by atoms with van der Waals surface area (Å²) in [5.41, 5.74) is 3.46. The Labute approximate surface area is 233 Å². The number of nitrogens with one attached hydrogen (secondary N) is 1. The van der Waals surface area contributed by atoms with E-state index in [4.69, 9.17) is 21.1 Å². The Morgan fingerprint density at radius 3 is 2.46 bits per heavy atom. The minimum Gasteiger partial charge on any atom is -0.490 e. The van der Waals surface area contributed by atoms with Gasteiger partial charge in [0.25, 0.3) is 11.8 Å². The number of amides is 4. The van der Waals surface area contributed by atoms with Crippen LogP contribution in [0.4, 0.5) is 10.5 Å². The third kappa shape index (κ3) is 5.80. The smallest absolute Gasteiger partial charge is 0.335 e. The average molecular weight is 631 g/mol. The molecule has 0 spiro atoms. The van der Waals surface area contributed by atoms with Crippen LogP contribution in [0, 0.1) is 17.4 Å². The second-order valence-corrected chi connectivity index (χ2v) is 9.95. The Morgan fingerprint density at radius 2 is 1.76 bits per heavy atom. The van der Waals surface area contributed by atoms with Crippen LogP contribution < -0.4 is 19.7 Å². The summed E-state index contributed by atoms with van der Waals surface area (Å²) >= 11 is 8.09. The highest BCUT2D eigenvalue weighted by atomic mass is 127. The molecular formula is C28H24ClIN2O5. The summed E-state index contributed by atoms with van der Waals surface area (Å²) in [7, 11) is 0. The van der Waals surface area contributed by atoms with Crippen LogP contribution >= 0.6 is 34.2 Å². The molecule has 190 valence electrons. The summed E-state index contributed by atoms with van der Waals surface area (Å²) in [5, 5.41) is 2.92. The highest BCUT2D eigenvalue weighted by Gasteiger charge is 2.37. The van der Waals surface area contributed by atoms with Gasteiger partial charge in [-0.05, 0) is 102 Å². The molecule has 0 atom stereocenters. The molecule has 3 aromatic carbocycles. The molecule has 0 bridgehead atoms. The second-order valence-electron chi connectivity index (χ2n) is 8.36. The van der Waals surface area contributed by atoms with E-state index in [1.54, 1.807) is 36.4 Å². The summed E-state index contributed by atoms with van der Waals surface area (Å²) in [6.07, 6.45) is 1.45. The molecule has 0 aliphatic carbocycles. The maximum Gasteiger partial charge on any atom is 0.335 e. The minimum atomic E-state index is -0.781. The van der Waals surface area contributed by atoms with E-state index >= 15 is 0 Å². The van der Waals surface area contributed by atoms with Crippen LogP contribution in [0.25, 0.3) is 6.08 Å². The lowest BCUT2D eigenvalue weighted by molar-refractivity contribution is -0.122. The number of imide groups is 2. The van der Waals surface area contributed by atoms with Crippen molar-refractivity contribution in [1.82, 2.24) is 5.32 Å². The summed E-state index contributed by atoms with van der Waals surface area (Å²) in [6, 6.07) is 15.4. The largest absolute Gasteiger partial charge is 0.490 e. The first kappa shape index (κ1) is 26.7. The number of hydrogen-bond donors (Lipinski definition) is 1. The predicted octanol–water partition coefficient (Wildman–Crippen LogP) is 6.21. The molecule has 7 nitrogen and oxygen atoms in total. The number of carbonyl (C=O) groups is 3. The van der Waals surface area contributed by atoms with E-state index in [-0.39, 0.29) is 5.57 Å². The normalized spacial score (nSPS) is 14.7. The molecule has 0 unspecified atom stereocenters. The van der Waals surface area contributed by atoms with Gasteiger partial charge in [-0.2, -0.15) is 0 Å². The zero-order valence-electron chi connectivity index (χ0n) is 20.4. The van der Waals surface area contributed by atoms with Crippen molar-refractivity contribution in [1.29, 1.82) is 0 Å². The molecule has 1 saturated heterocycles. The third-order valence-corrected chi connectivity index (χ3v) is 6.91. The Balaban J connectivity index is 1.67. The fourth-order valence-corrected chi connectivity index (χ4v) is 4.74. The first-order valence-electron chi connectivity index (χ1n) is 11.5. The van der Waals surface area contributed by atoms with Gasteiger partial charge < -0.3 is 9.47 Å². The zero-order chi connectivity index (χ0) is 26.7. The molecule has 1 aliphatic heterocycles. The minimum absolute atomic E-state index is 0.159. The van der Waals surface area contributed by atoms with Crippen LogP contribution in [0.5, 0.6) is 11.5 Å². The number of benzene rings is 3. The standard InChI is InChI=1S/C28H24ClIN2O5/c1-4-36-24-14-19(13-22(30)25(24)37-15-18-8-10-20(29)11-9-18)12-21-26(33)31-28(35)32(27(21)34)23-7-5-6-16(2)17(23)3/h5-14H,4,15H2,1-3H3,(H,31,33,35)/b21-12+. The molecular weight excluding hydrogens is 607 g/mol. The lowest BCUT2D eigenvalue weighted by Gasteiger charge is -2.28. The molecule has 9 heteroatoms. The van der Waals surface area contributed by atoms with Gasteiger partial charge in [0.1, 0.15) is 12.2 Å². The monoisotopic (exact) mass is 630 g/mol. The molecule has 4 amide bonds. The predicted molar refractivity (Wildman–Crippen MR) is 151 cm³/mol. The topological polar surface area (TPSA) is 84.9 Å². The van der Waals surface area contributed by atoms with E-state index < -0.39 is 17.8 Å². The van der Waals surface area contributed by atoms with Crippen LogP contribution in [0.2, 0.25) is 5.02 Å². The summed E-state index contributed by atoms with van der Waals surface area (Å²) < 4.78 is 12.6. The number of urea groups is 1. The van der Waals surface area contributed by atoms with Gasteiger partial charge in [0, 0.05) is 5.02 Å². The Hall–Kier alpha value is -3.37. The lowest BCUT2D eigenvalue weighted by Crippen LogP contribution is -2.54. The molecule has 1 heterocycles. The van der Waals surface area contributed by atoms with Crippen LogP contribution in [0.3, 0.4) is 0 Å². The highest BCUT2D eigenvalue weighted by molar-refractivity contribution is 14.1. The molecule has 1 N–H and O–H groups in total. The number of halogens is 2. The number of anilines is 1. The van der Waals surface area contributed by atoms with Crippen molar-refractivity contribution in [3.05, 3.63) is 91.0 Å². The Bertz CT molecular complexity index is 1420. The van der Waals surface area contributed by atoms with Crippen molar-refractivity contribution in [2.24, 2.45) is 0 Å². The number of barbiturate groups is 1. The van der Waals surface area contributed by atoms with Crippen molar-refractivity contribution in [2.45, 2.75) is 27.4 Å². The third-order valence-electron chi connectivity index (χ3n) is 5.86. The van der Waals surface area contributed by atoms with E-state index in [1.807, 2.05) is 39.0 Å². The molecule has 1 fully saturated rings. The summed E-state index contributed by atoms with van der Waals surface area (Å²) in [5.74, 6) is -0.432. The van der Waals surface area contributed by atoms with E-state index in [9.17, 15) is 14.4 Å². The van der Waals surface area contributed by atoms with Gasteiger partial charge in [0.05, 0.1) is 15.9 Å². The average Bonchev–Trinajstić information content (AvgIpc) is 2.85. The van der Waals surface area contributed by atoms with Crippen LogP contribution in [0.15, 0.2) is 60.2 Å². The van der Waals surface area contributed by atoms with Gasteiger partial charge in [-0.15, -0.1) is 0 Å². The van der Waals surface area contributed by atoms with Crippen molar-refractivity contribution in [3.63, 3.8) is 0 Å². The van der Waals surface area contributed by atoms with Crippen molar-refractivity contribution >= 4 is 63.8 Å². The first-order valence-corrected chi connectivity index (χ1v) is 13.0. The molecule has 3 aromatic rings. The highest BCUT2D eigenvalue weighted by Crippen LogP contribution is 2.36. The fourth-order valence-electron chi connectivity index (χ4n) is 3.83. The molecule has 4 rings (SSSR count). The van der Waals surface area contributed by atoms with Crippen molar-refractivity contribution in [2.75, 3.05) is 11.5 Å². The maximum atomic E-state index is 13.4. The van der Waals surface area contributed by atoms with Gasteiger partial charge in [-0.3, -0.25) is 14.9 Å². The molecule has 0 radical (unpaired) electrons. The number of ether oxygens (including phenoxy) is 2. The lowest BCUT2D eigenvalue weighted by atomic mass is 10.0. The van der Waals surface area contributed by atoms with E-state index in [0.29, 0.717) is 41.0 Å². The molecule has 1 aliphatic rings. The van der Waals surface area contributed by atoms with Gasteiger partial charge in [-0.1, -0.05) is 35.9 Å². The number of nitrogens with zero attached hydrogens (tertiary/aromatic N) is 1. The van der Waals surface area contributed by atoms with Gasteiger partial charge in [-0.25, -0.2) is 9.69 Å². The zero-order valence-corrected chi connectivity index (χ0v) is 23.3. The van der Waals surface area contributed by atoms with Crippen LogP contribution in [-0.2, 0) is 16.2 Å². The summed E-state index contributed by atoms with van der Waals surface area (Å²) in [4.78, 5) is 39.7. The summed E-state index contributed by atoms with van der Waals surface area (Å²) in [6.45, 7) is 6.27. The van der Waals surface area contributed by atoms with E-state index in [0.717, 1.165) is 25.2 Å². The Morgan fingerprint density at radius 1 is 1.03 bits per heavy atom. The fraction of sp³-hybridized carbons (Fsp3) is 0.179. The quantitative estimate of drug-likeness (QED) is 0.191. The van der Waals surface area contributed by atoms with Crippen LogP contribution in [-0.4, -0.2) is 24.5 Å².